The van der Waals surface area contributed by atoms with Crippen LogP contribution in [0.5, 0.6) is 0 Å². The highest BCUT2D eigenvalue weighted by Gasteiger charge is 2.72. The molecule has 6 fully saturated rings. The van der Waals surface area contributed by atoms with Crippen LogP contribution in [0.1, 0.15) is 106 Å². The zero-order valence-electron chi connectivity index (χ0n) is 30.2. The summed E-state index contributed by atoms with van der Waals surface area (Å²) in [5.74, 6) is 0.572. The topological polar surface area (TPSA) is 146 Å². The molecular weight excluding hydrogens is 614 g/mol. The molecule has 48 heavy (non-hydrogen) atoms. The molecule has 0 spiro atoms. The molecule has 0 aromatic heterocycles. The van der Waals surface area contributed by atoms with Crippen molar-refractivity contribution in [3.05, 3.63) is 12.2 Å². The minimum atomic E-state index is -1.45. The summed E-state index contributed by atoms with van der Waals surface area (Å²) < 4.78 is 11.7. The Labute approximate surface area is 286 Å². The highest BCUT2D eigenvalue weighted by atomic mass is 16.7. The Bertz CT molecular complexity index is 1290. The average molecular weight is 676 g/mol. The second kappa shape index (κ2) is 12.3. The molecule has 14 atom stereocenters. The summed E-state index contributed by atoms with van der Waals surface area (Å²) in [6.07, 6.45) is 3.94. The molecule has 5 saturated carbocycles. The average Bonchev–Trinajstić information content (AvgIpc) is 3.42. The van der Waals surface area contributed by atoms with E-state index in [2.05, 4.69) is 48.1 Å². The van der Waals surface area contributed by atoms with Crippen LogP contribution in [0.15, 0.2) is 12.2 Å². The third-order valence-electron chi connectivity index (χ3n) is 16.0. The predicted molar refractivity (Wildman–Crippen MR) is 178 cm³/mol. The summed E-state index contributed by atoms with van der Waals surface area (Å²) >= 11 is 0. The van der Waals surface area contributed by atoms with Crippen LogP contribution in [0.3, 0.4) is 0 Å². The first kappa shape index (κ1) is 36.2. The van der Waals surface area contributed by atoms with Gasteiger partial charge in [-0.25, -0.2) is 0 Å². The molecule has 0 aromatic carbocycles. The van der Waals surface area contributed by atoms with Gasteiger partial charge < -0.3 is 29.9 Å². The van der Waals surface area contributed by atoms with Crippen LogP contribution < -0.4 is 0 Å². The third kappa shape index (κ3) is 5.08. The number of esters is 1. The number of hydroxylamine groups is 2. The number of hydrogen-bond acceptors (Lipinski definition) is 9. The second-order valence-electron chi connectivity index (χ2n) is 18.0. The molecule has 6 rings (SSSR count). The van der Waals surface area contributed by atoms with Crippen molar-refractivity contribution in [2.75, 3.05) is 20.3 Å². The number of allylic oxidation sites excluding steroid dienone is 1. The maximum absolute atomic E-state index is 13.4. The quantitative estimate of drug-likeness (QED) is 0.166. The Balaban J connectivity index is 1.20. The summed E-state index contributed by atoms with van der Waals surface area (Å²) in [5, 5.41) is 42.3. The molecule has 1 aliphatic heterocycles. The number of nitrogens with zero attached hydrogens (tertiary/aromatic N) is 1. The van der Waals surface area contributed by atoms with Gasteiger partial charge in [-0.3, -0.25) is 14.4 Å². The van der Waals surface area contributed by atoms with Gasteiger partial charge in [0.25, 0.3) is 0 Å². The molecule has 6 aliphatic rings. The van der Waals surface area contributed by atoms with E-state index in [9.17, 15) is 30.0 Å². The lowest BCUT2D eigenvalue weighted by Crippen LogP contribution is -2.67. The van der Waals surface area contributed by atoms with E-state index < -0.39 is 41.9 Å². The Kier molecular flexibility index (Phi) is 9.28. The predicted octanol–water partition coefficient (Wildman–Crippen LogP) is 4.94. The van der Waals surface area contributed by atoms with Crippen LogP contribution in [0.2, 0.25) is 0 Å². The van der Waals surface area contributed by atoms with E-state index >= 15 is 0 Å². The normalized spacial score (nSPS) is 49.6. The van der Waals surface area contributed by atoms with Crippen molar-refractivity contribution in [3.8, 4) is 0 Å². The van der Waals surface area contributed by atoms with Crippen LogP contribution in [-0.2, 0) is 23.9 Å². The first-order valence-electron chi connectivity index (χ1n) is 18.4. The fourth-order valence-corrected chi connectivity index (χ4v) is 13.3. The van der Waals surface area contributed by atoms with Crippen molar-refractivity contribution in [1.29, 1.82) is 0 Å². The van der Waals surface area contributed by atoms with E-state index in [1.807, 2.05) is 0 Å². The standard InChI is InChI=1S/C38H61NO9/c1-21(2)22-11-16-38(33(44)45)18-17-36(6)23(29(22)38)9-10-26-35(5)14-13-27(34(3,4)25(35)12-15-37(26,36)7)48-28(41)19-39(46-8)32-31(43)30(42)24(40)20-47-32/h22-27,29-32,40,42-43H,1,9-20H2,2-8H3,(H,44,45)/t22-,23?,24+,25?,26?,27-,29?,30-,31+,32+,35-,36+,37+,38-/m0/s1. The molecule has 0 radical (unpaired) electrons. The number of aliphatic carboxylic acids is 1. The zero-order chi connectivity index (χ0) is 35.2. The highest BCUT2D eigenvalue weighted by molar-refractivity contribution is 5.76. The lowest BCUT2D eigenvalue weighted by molar-refractivity contribution is -0.305. The molecule has 4 unspecified atom stereocenters. The molecule has 1 heterocycles. The SMILES string of the molecule is C=C(C)[C@@H]1CC[C@]2(C(=O)O)CC[C@]3(C)C(CCC4[C@@]5(C)CC[C@H](OC(=O)CN(OC)[C@@H]6OC[C@@H](O)[C@H](O)[C@H]6O)C(C)(C)C5CC[C@]43C)C12. The molecule has 4 N–H and O–H groups in total. The summed E-state index contributed by atoms with van der Waals surface area (Å²) in [6.45, 7) is 18.0. The number of rotatable bonds is 7. The van der Waals surface area contributed by atoms with Crippen molar-refractivity contribution < 1.29 is 44.3 Å². The Morgan fingerprint density at radius 1 is 0.875 bits per heavy atom. The van der Waals surface area contributed by atoms with Crippen LogP contribution in [0.4, 0.5) is 0 Å². The molecule has 10 nitrogen and oxygen atoms in total. The van der Waals surface area contributed by atoms with E-state index in [1.54, 1.807) is 0 Å². The number of ether oxygens (including phenoxy) is 2. The van der Waals surface area contributed by atoms with Gasteiger partial charge in [-0.05, 0) is 117 Å². The van der Waals surface area contributed by atoms with E-state index in [0.29, 0.717) is 17.8 Å². The minimum absolute atomic E-state index is 0.0536. The van der Waals surface area contributed by atoms with E-state index in [1.165, 1.54) is 12.2 Å². The Hall–Kier alpha value is -1.56. The number of carboxylic acid groups (broad SMARTS) is 1. The lowest BCUT2D eigenvalue weighted by Gasteiger charge is -2.72. The first-order chi connectivity index (χ1) is 22.4. The van der Waals surface area contributed by atoms with Crippen molar-refractivity contribution in [2.45, 2.75) is 136 Å². The Morgan fingerprint density at radius 3 is 2.23 bits per heavy atom. The molecule has 0 aromatic rings. The van der Waals surface area contributed by atoms with Gasteiger partial charge in [0.2, 0.25) is 0 Å². The second-order valence-corrected chi connectivity index (χ2v) is 18.0. The number of fused-ring (bicyclic) bond motifs is 7. The molecular formula is C38H61NO9. The highest BCUT2D eigenvalue weighted by Crippen LogP contribution is 2.77. The molecule has 0 bridgehead atoms. The number of aliphatic hydroxyl groups is 3. The smallest absolute Gasteiger partial charge is 0.323 e. The zero-order valence-corrected chi connectivity index (χ0v) is 30.2. The molecule has 272 valence electrons. The van der Waals surface area contributed by atoms with E-state index in [4.69, 9.17) is 14.3 Å². The van der Waals surface area contributed by atoms with E-state index in [-0.39, 0.29) is 52.8 Å². The fourth-order valence-electron chi connectivity index (χ4n) is 13.3. The number of carbonyl (C=O) groups is 2. The fraction of sp³-hybridized carbons (Fsp3) is 0.895. The maximum Gasteiger partial charge on any atom is 0.323 e. The molecule has 1 saturated heterocycles. The van der Waals surface area contributed by atoms with Gasteiger partial charge in [-0.2, -0.15) is 0 Å². The van der Waals surface area contributed by atoms with Crippen molar-refractivity contribution >= 4 is 11.9 Å². The van der Waals surface area contributed by atoms with Crippen molar-refractivity contribution in [1.82, 2.24) is 5.06 Å². The summed E-state index contributed by atoms with van der Waals surface area (Å²) in [5.41, 5.74) is 0.458. The monoisotopic (exact) mass is 675 g/mol. The van der Waals surface area contributed by atoms with Crippen LogP contribution in [-0.4, -0.2) is 88.3 Å². The maximum atomic E-state index is 13.4. The summed E-state index contributed by atoms with van der Waals surface area (Å²) in [6, 6.07) is 0. The molecule has 0 amide bonds. The number of carboxylic acids is 1. The van der Waals surface area contributed by atoms with Gasteiger partial charge in [0.05, 0.1) is 19.1 Å². The largest absolute Gasteiger partial charge is 0.481 e. The van der Waals surface area contributed by atoms with E-state index in [0.717, 1.165) is 69.8 Å². The van der Waals surface area contributed by atoms with Gasteiger partial charge >= 0.3 is 11.9 Å². The lowest BCUT2D eigenvalue weighted by atomic mass is 9.32. The van der Waals surface area contributed by atoms with Crippen LogP contribution in [0.25, 0.3) is 0 Å². The number of hydrogen-bond donors (Lipinski definition) is 4. The van der Waals surface area contributed by atoms with Gasteiger partial charge in [0.15, 0.2) is 6.23 Å². The third-order valence-corrected chi connectivity index (χ3v) is 16.0. The molecule has 10 heteroatoms. The van der Waals surface area contributed by atoms with Crippen molar-refractivity contribution in [2.24, 2.45) is 56.7 Å². The number of carbonyl (C=O) groups excluding carboxylic acids is 1. The van der Waals surface area contributed by atoms with Crippen molar-refractivity contribution in [3.63, 3.8) is 0 Å². The molecule has 5 aliphatic carbocycles. The van der Waals surface area contributed by atoms with Gasteiger partial charge in [0.1, 0.15) is 31.0 Å². The van der Waals surface area contributed by atoms with Gasteiger partial charge in [0, 0.05) is 5.41 Å². The number of aliphatic hydroxyl groups excluding tert-OH is 3. The minimum Gasteiger partial charge on any atom is -0.481 e. The van der Waals surface area contributed by atoms with Crippen LogP contribution in [0, 0.1) is 56.7 Å². The summed E-state index contributed by atoms with van der Waals surface area (Å²) in [7, 11) is 1.37. The summed E-state index contributed by atoms with van der Waals surface area (Å²) in [4.78, 5) is 31.7. The Morgan fingerprint density at radius 2 is 1.58 bits per heavy atom. The van der Waals surface area contributed by atoms with Crippen LogP contribution >= 0.6 is 0 Å². The first-order valence-corrected chi connectivity index (χ1v) is 18.4. The van der Waals surface area contributed by atoms with Gasteiger partial charge in [-0.1, -0.05) is 46.8 Å². The van der Waals surface area contributed by atoms with Gasteiger partial charge in [-0.15, -0.1) is 5.06 Å².